The number of nitrogens with zero attached hydrogens (tertiary/aromatic N) is 4. The minimum Gasteiger partial charge on any atom is -0.480 e. The van der Waals surface area contributed by atoms with Gasteiger partial charge < -0.3 is 10.2 Å². The van der Waals surface area contributed by atoms with Crippen molar-refractivity contribution in [3.8, 4) is 5.69 Å². The first kappa shape index (κ1) is 26.0. The van der Waals surface area contributed by atoms with Gasteiger partial charge in [-0.05, 0) is 30.3 Å². The maximum absolute atomic E-state index is 12.3. The van der Waals surface area contributed by atoms with Gasteiger partial charge in [0.25, 0.3) is 5.95 Å². The van der Waals surface area contributed by atoms with Gasteiger partial charge in [-0.1, -0.05) is 64.6 Å². The van der Waals surface area contributed by atoms with Crippen molar-refractivity contribution in [2.45, 2.75) is 8.69 Å². The predicted octanol–water partition coefficient (Wildman–Crippen LogP) is 3.93. The van der Waals surface area contributed by atoms with Crippen LogP contribution in [0.3, 0.4) is 0 Å². The van der Waals surface area contributed by atoms with Gasteiger partial charge in [-0.15, -0.1) is 5.10 Å². The summed E-state index contributed by atoms with van der Waals surface area (Å²) in [5, 5.41) is 22.3. The average Bonchev–Trinajstić information content (AvgIpc) is 3.19. The molecular formula is C18H13Cl4N5O6S. The Bertz CT molecular complexity index is 1340. The summed E-state index contributed by atoms with van der Waals surface area (Å²) in [6, 6.07) is 11.4. The molecular weight excluding hydrogens is 556 g/mol. The molecule has 0 atom stereocenters. The van der Waals surface area contributed by atoms with E-state index >= 15 is 0 Å². The Kier molecular flexibility index (Phi) is 7.60. The fourth-order valence-electron chi connectivity index (χ4n) is 2.70. The van der Waals surface area contributed by atoms with Gasteiger partial charge in [-0.3, -0.25) is 4.79 Å². The molecule has 1 amide bonds. The second-order valence-electron chi connectivity index (χ2n) is 6.43. The highest BCUT2D eigenvalue weighted by Crippen LogP contribution is 2.40. The number of carboxylic acids is 1. The van der Waals surface area contributed by atoms with Crippen LogP contribution >= 0.6 is 46.4 Å². The number of hydrogen-bond donors (Lipinski definition) is 3. The van der Waals surface area contributed by atoms with Crippen molar-refractivity contribution in [1.82, 2.24) is 19.5 Å². The smallest absolute Gasteiger partial charge is 0.419 e. The van der Waals surface area contributed by atoms with Gasteiger partial charge in [0.15, 0.2) is 5.82 Å². The molecule has 16 heteroatoms. The van der Waals surface area contributed by atoms with Crippen molar-refractivity contribution < 1.29 is 28.2 Å². The molecule has 0 spiro atoms. The Morgan fingerprint density at radius 1 is 1.09 bits per heavy atom. The number of amides is 1. The molecule has 0 bridgehead atoms. The van der Waals surface area contributed by atoms with Gasteiger partial charge in [0.05, 0.1) is 21.3 Å². The summed E-state index contributed by atoms with van der Waals surface area (Å²) < 4.78 is 25.4. The van der Waals surface area contributed by atoms with Crippen molar-refractivity contribution in [2.24, 2.45) is 0 Å². The Balaban J connectivity index is 2.09. The number of sulfonamides is 1. The molecule has 0 unspecified atom stereocenters. The molecule has 2 aromatic carbocycles. The molecule has 3 N–H and O–H groups in total. The van der Waals surface area contributed by atoms with Gasteiger partial charge in [-0.25, -0.2) is 22.8 Å². The Morgan fingerprint density at radius 2 is 1.74 bits per heavy atom. The number of anilines is 2. The van der Waals surface area contributed by atoms with Crippen LogP contribution in [0.2, 0.25) is 5.02 Å². The van der Waals surface area contributed by atoms with Crippen LogP contribution in [0.4, 0.5) is 16.4 Å². The van der Waals surface area contributed by atoms with Gasteiger partial charge in [0.1, 0.15) is 6.54 Å². The van der Waals surface area contributed by atoms with E-state index in [1.807, 2.05) is 4.72 Å². The van der Waals surface area contributed by atoms with Crippen LogP contribution in [-0.2, 0) is 18.6 Å². The zero-order valence-electron chi connectivity index (χ0n) is 16.6. The molecule has 180 valence electrons. The van der Waals surface area contributed by atoms with Gasteiger partial charge in [0.2, 0.25) is 13.8 Å². The lowest BCUT2D eigenvalue weighted by Crippen LogP contribution is -2.29. The third-order valence-corrected chi connectivity index (χ3v) is 6.33. The van der Waals surface area contributed by atoms with E-state index in [4.69, 9.17) is 51.5 Å². The lowest BCUT2D eigenvalue weighted by atomic mass is 10.3. The standard InChI is InChI=1S/C18H13Cl4N5O6S/c19-12-8-11(34(32,33)23-9-14(28)29)6-7-13(12)26(17(30)31)16-24-15(18(20,21)22)27(25-16)10-4-2-1-3-5-10/h1-8,23H,9H2,(H,28,29)(H,30,31). The van der Waals surface area contributed by atoms with E-state index < -0.39 is 43.3 Å². The maximum atomic E-state index is 12.3. The molecule has 1 aromatic heterocycles. The van der Waals surface area contributed by atoms with E-state index in [0.29, 0.717) is 10.6 Å². The third-order valence-electron chi connectivity index (χ3n) is 4.13. The van der Waals surface area contributed by atoms with Crippen molar-refractivity contribution in [3.63, 3.8) is 0 Å². The van der Waals surface area contributed by atoms with E-state index in [2.05, 4.69) is 10.1 Å². The fraction of sp³-hybridized carbons (Fsp3) is 0.111. The highest BCUT2D eigenvalue weighted by atomic mass is 35.6. The number of nitrogens with one attached hydrogen (secondary N) is 1. The number of carbonyl (C=O) groups is 2. The normalized spacial score (nSPS) is 11.9. The summed E-state index contributed by atoms with van der Waals surface area (Å²) in [5.74, 6) is -2.04. The Labute approximate surface area is 212 Å². The highest BCUT2D eigenvalue weighted by molar-refractivity contribution is 7.89. The first-order valence-corrected chi connectivity index (χ1v) is 11.9. The minimum absolute atomic E-state index is 0.201. The minimum atomic E-state index is -4.23. The van der Waals surface area contributed by atoms with Crippen LogP contribution in [-0.4, -0.2) is 52.0 Å². The number of halogens is 4. The topological polar surface area (TPSA) is 155 Å². The van der Waals surface area contributed by atoms with Crippen LogP contribution in [0.1, 0.15) is 5.82 Å². The van der Waals surface area contributed by atoms with E-state index in [0.717, 1.165) is 22.9 Å². The van der Waals surface area contributed by atoms with Crippen molar-refractivity contribution >= 4 is 80.1 Å². The summed E-state index contributed by atoms with van der Waals surface area (Å²) in [5.41, 5.74) is 0.220. The molecule has 0 saturated carbocycles. The van der Waals surface area contributed by atoms with Gasteiger partial charge >= 0.3 is 12.1 Å². The van der Waals surface area contributed by atoms with Crippen molar-refractivity contribution in [3.05, 3.63) is 59.4 Å². The first-order valence-electron chi connectivity index (χ1n) is 8.95. The number of aliphatic carboxylic acids is 1. The molecule has 0 aliphatic rings. The number of hydrogen-bond acceptors (Lipinski definition) is 6. The Morgan fingerprint density at radius 3 is 2.26 bits per heavy atom. The lowest BCUT2D eigenvalue weighted by molar-refractivity contribution is -0.135. The summed E-state index contributed by atoms with van der Waals surface area (Å²) in [6.45, 7) is -0.858. The van der Waals surface area contributed by atoms with E-state index in [1.165, 1.54) is 0 Å². The van der Waals surface area contributed by atoms with Crippen LogP contribution in [0, 0.1) is 0 Å². The number of benzene rings is 2. The zero-order valence-corrected chi connectivity index (χ0v) is 20.4. The summed E-state index contributed by atoms with van der Waals surface area (Å²) in [4.78, 5) is 27.0. The molecule has 34 heavy (non-hydrogen) atoms. The first-order chi connectivity index (χ1) is 15.8. The molecule has 0 aliphatic carbocycles. The molecule has 0 aliphatic heterocycles. The quantitative estimate of drug-likeness (QED) is 0.362. The summed E-state index contributed by atoms with van der Waals surface area (Å²) >= 11 is 24.2. The van der Waals surface area contributed by atoms with Crippen LogP contribution in [0.15, 0.2) is 53.4 Å². The van der Waals surface area contributed by atoms with Crippen LogP contribution in [0.5, 0.6) is 0 Å². The molecule has 0 radical (unpaired) electrons. The molecule has 3 rings (SSSR count). The molecule has 0 saturated heterocycles. The molecule has 0 fully saturated rings. The molecule has 3 aromatic rings. The monoisotopic (exact) mass is 567 g/mol. The average molecular weight is 569 g/mol. The molecule has 1 heterocycles. The maximum Gasteiger partial charge on any atom is 0.419 e. The second-order valence-corrected chi connectivity index (χ2v) is 10.9. The fourth-order valence-corrected chi connectivity index (χ4v) is 4.40. The van der Waals surface area contributed by atoms with E-state index in [9.17, 15) is 23.1 Å². The van der Waals surface area contributed by atoms with Crippen molar-refractivity contribution in [1.29, 1.82) is 0 Å². The van der Waals surface area contributed by atoms with Crippen LogP contribution in [0.25, 0.3) is 5.69 Å². The highest BCUT2D eigenvalue weighted by Gasteiger charge is 2.35. The second kappa shape index (κ2) is 9.94. The number of rotatable bonds is 7. The lowest BCUT2D eigenvalue weighted by Gasteiger charge is -2.17. The number of alkyl halides is 3. The van der Waals surface area contributed by atoms with E-state index in [1.54, 1.807) is 30.3 Å². The van der Waals surface area contributed by atoms with Crippen LogP contribution < -0.4 is 9.62 Å². The largest absolute Gasteiger partial charge is 0.480 e. The third kappa shape index (κ3) is 5.71. The Hall–Kier alpha value is -2.61. The summed E-state index contributed by atoms with van der Waals surface area (Å²) in [7, 11) is -4.23. The number of carboxylic acid groups (broad SMARTS) is 2. The van der Waals surface area contributed by atoms with E-state index in [-0.39, 0.29) is 16.5 Å². The summed E-state index contributed by atoms with van der Waals surface area (Å²) in [6.07, 6.45) is -1.57. The van der Waals surface area contributed by atoms with Gasteiger partial charge in [0, 0.05) is 0 Å². The van der Waals surface area contributed by atoms with Crippen molar-refractivity contribution in [2.75, 3.05) is 11.4 Å². The predicted molar refractivity (Wildman–Crippen MR) is 125 cm³/mol. The molecule has 11 nitrogen and oxygen atoms in total. The number of para-hydroxylation sites is 1. The number of aromatic nitrogens is 3. The zero-order chi connectivity index (χ0) is 25.3. The van der Waals surface area contributed by atoms with Gasteiger partial charge in [-0.2, -0.15) is 9.71 Å². The SMILES string of the molecule is O=C(O)CNS(=O)(=O)c1ccc(N(C(=O)O)c2nc(C(Cl)(Cl)Cl)n(-c3ccccc3)n2)c(Cl)c1.